The number of pyridine rings is 1. The number of rotatable bonds is 1. The van der Waals surface area contributed by atoms with Crippen LogP contribution >= 0.6 is 15.9 Å². The summed E-state index contributed by atoms with van der Waals surface area (Å²) in [4.78, 5) is 23.4. The number of hydrogen-bond acceptors (Lipinski definition) is 2. The molecule has 2 heterocycles. The summed E-state index contributed by atoms with van der Waals surface area (Å²) in [6.07, 6.45) is 2.79. The number of hydrogen-bond donors (Lipinski definition) is 1. The van der Waals surface area contributed by atoms with Crippen LogP contribution in [0.15, 0.2) is 21.5 Å². The van der Waals surface area contributed by atoms with Gasteiger partial charge in [0.1, 0.15) is 11.4 Å². The van der Waals surface area contributed by atoms with E-state index in [4.69, 9.17) is 5.11 Å². The van der Waals surface area contributed by atoms with Crippen LogP contribution in [0.5, 0.6) is 0 Å². The summed E-state index contributed by atoms with van der Waals surface area (Å²) in [7, 11) is 0. The molecular formula is C14H11BrFNO3. The Labute approximate surface area is 122 Å². The van der Waals surface area contributed by atoms with Crippen molar-refractivity contribution in [3.8, 4) is 0 Å². The minimum absolute atomic E-state index is 0.0704. The number of carbonyl (C=O) groups is 1. The summed E-state index contributed by atoms with van der Waals surface area (Å²) >= 11 is 3.21. The van der Waals surface area contributed by atoms with E-state index >= 15 is 0 Å². The molecule has 20 heavy (non-hydrogen) atoms. The SMILES string of the molecule is C[C@H]1CCc2c(Br)c(F)cc3c(=O)c(C(=O)O)cn1c23. The number of nitrogens with zero attached hydrogens (tertiary/aromatic N) is 1. The molecule has 0 aliphatic carbocycles. The van der Waals surface area contributed by atoms with Crippen molar-refractivity contribution in [2.24, 2.45) is 0 Å². The van der Waals surface area contributed by atoms with Crippen LogP contribution in [0.4, 0.5) is 4.39 Å². The first-order valence-corrected chi connectivity index (χ1v) is 7.00. The molecule has 2 aromatic rings. The van der Waals surface area contributed by atoms with Crippen molar-refractivity contribution in [3.05, 3.63) is 43.9 Å². The average Bonchev–Trinajstić information content (AvgIpc) is 2.39. The fourth-order valence-corrected chi connectivity index (χ4v) is 3.27. The molecule has 1 aliphatic heterocycles. The van der Waals surface area contributed by atoms with Crippen molar-refractivity contribution in [2.45, 2.75) is 25.8 Å². The maximum Gasteiger partial charge on any atom is 0.341 e. The standard InChI is InChI=1S/C14H11BrFNO3/c1-6-2-3-7-11(15)10(16)4-8-12(7)17(6)5-9(13(8)18)14(19)20/h4-6H,2-3H2,1H3,(H,19,20)/t6-/m0/s1. The van der Waals surface area contributed by atoms with E-state index in [0.717, 1.165) is 18.1 Å². The molecule has 4 nitrogen and oxygen atoms in total. The van der Waals surface area contributed by atoms with Gasteiger partial charge >= 0.3 is 5.97 Å². The Morgan fingerprint density at radius 3 is 2.90 bits per heavy atom. The highest BCUT2D eigenvalue weighted by atomic mass is 79.9. The molecule has 1 aliphatic rings. The van der Waals surface area contributed by atoms with E-state index in [0.29, 0.717) is 16.4 Å². The van der Waals surface area contributed by atoms with Gasteiger partial charge in [-0.05, 0) is 47.3 Å². The average molecular weight is 340 g/mol. The van der Waals surface area contributed by atoms with E-state index in [-0.39, 0.29) is 17.0 Å². The number of halogens is 2. The highest BCUT2D eigenvalue weighted by molar-refractivity contribution is 9.10. The number of aromatic carboxylic acids is 1. The van der Waals surface area contributed by atoms with E-state index in [1.807, 2.05) is 6.92 Å². The van der Waals surface area contributed by atoms with Crippen molar-refractivity contribution in [1.82, 2.24) is 4.57 Å². The number of carboxylic acid groups (broad SMARTS) is 1. The summed E-state index contributed by atoms with van der Waals surface area (Å²) in [6.45, 7) is 1.95. The van der Waals surface area contributed by atoms with Crippen molar-refractivity contribution in [3.63, 3.8) is 0 Å². The van der Waals surface area contributed by atoms with Gasteiger partial charge in [-0.2, -0.15) is 0 Å². The summed E-state index contributed by atoms with van der Waals surface area (Å²) in [5.74, 6) is -1.82. The second kappa shape index (κ2) is 4.41. The molecule has 0 amide bonds. The molecule has 0 fully saturated rings. The first kappa shape index (κ1) is 13.3. The largest absolute Gasteiger partial charge is 0.477 e. The maximum absolute atomic E-state index is 13.9. The highest BCUT2D eigenvalue weighted by Crippen LogP contribution is 2.35. The highest BCUT2D eigenvalue weighted by Gasteiger charge is 2.25. The Kier molecular flexibility index (Phi) is 2.93. The molecule has 6 heteroatoms. The van der Waals surface area contributed by atoms with Crippen molar-refractivity contribution >= 4 is 32.8 Å². The molecule has 1 aromatic heterocycles. The predicted molar refractivity (Wildman–Crippen MR) is 75.9 cm³/mol. The zero-order chi connectivity index (χ0) is 14.6. The van der Waals surface area contributed by atoms with Crippen LogP contribution in [0.2, 0.25) is 0 Å². The van der Waals surface area contributed by atoms with Crippen molar-refractivity contribution in [1.29, 1.82) is 0 Å². The molecule has 0 saturated heterocycles. The minimum Gasteiger partial charge on any atom is -0.477 e. The first-order valence-electron chi connectivity index (χ1n) is 6.21. The van der Waals surface area contributed by atoms with Gasteiger partial charge in [0.15, 0.2) is 0 Å². The molecule has 0 saturated carbocycles. The van der Waals surface area contributed by atoms with Crippen LogP contribution in [-0.2, 0) is 6.42 Å². The molecule has 1 atom stereocenters. The van der Waals surface area contributed by atoms with Gasteiger partial charge in [-0.15, -0.1) is 0 Å². The second-order valence-corrected chi connectivity index (χ2v) is 5.81. The lowest BCUT2D eigenvalue weighted by Crippen LogP contribution is -2.24. The normalized spacial score (nSPS) is 17.4. The summed E-state index contributed by atoms with van der Waals surface area (Å²) < 4.78 is 16.0. The van der Waals surface area contributed by atoms with Crippen molar-refractivity contribution < 1.29 is 14.3 Å². The fraction of sp³-hybridized carbons (Fsp3) is 0.286. The minimum atomic E-state index is -1.29. The molecule has 1 aromatic carbocycles. The van der Waals surface area contributed by atoms with Gasteiger partial charge in [-0.3, -0.25) is 4.79 Å². The molecule has 104 valence electrons. The van der Waals surface area contributed by atoms with Crippen LogP contribution in [0, 0.1) is 5.82 Å². The van der Waals surface area contributed by atoms with Gasteiger partial charge in [0, 0.05) is 17.6 Å². The third-order valence-corrected chi connectivity index (χ3v) is 4.68. The predicted octanol–water partition coefficient (Wildman–Crippen LogP) is 3.11. The van der Waals surface area contributed by atoms with E-state index < -0.39 is 17.2 Å². The number of aryl methyl sites for hydroxylation is 1. The fourth-order valence-electron chi connectivity index (χ4n) is 2.76. The Hall–Kier alpha value is -1.69. The van der Waals surface area contributed by atoms with Gasteiger partial charge in [-0.1, -0.05) is 0 Å². The quantitative estimate of drug-likeness (QED) is 0.868. The number of aromatic nitrogens is 1. The zero-order valence-electron chi connectivity index (χ0n) is 10.6. The topological polar surface area (TPSA) is 59.3 Å². The Morgan fingerprint density at radius 2 is 2.25 bits per heavy atom. The Bertz CT molecular complexity index is 812. The third kappa shape index (κ3) is 1.71. The lowest BCUT2D eigenvalue weighted by molar-refractivity contribution is 0.0694. The molecule has 0 unspecified atom stereocenters. The summed E-state index contributed by atoms with van der Waals surface area (Å²) in [6, 6.07) is 1.19. The monoisotopic (exact) mass is 339 g/mol. The van der Waals surface area contributed by atoms with Crippen LogP contribution in [0.1, 0.15) is 35.3 Å². The zero-order valence-corrected chi connectivity index (χ0v) is 12.2. The lowest BCUT2D eigenvalue weighted by Gasteiger charge is -2.27. The van der Waals surface area contributed by atoms with Gasteiger partial charge < -0.3 is 9.67 Å². The van der Waals surface area contributed by atoms with E-state index in [9.17, 15) is 14.0 Å². The van der Waals surface area contributed by atoms with Gasteiger partial charge in [0.05, 0.1) is 9.99 Å². The molecule has 3 rings (SSSR count). The summed E-state index contributed by atoms with van der Waals surface area (Å²) in [5, 5.41) is 9.26. The molecule has 0 spiro atoms. The van der Waals surface area contributed by atoms with Crippen molar-refractivity contribution in [2.75, 3.05) is 0 Å². The first-order chi connectivity index (χ1) is 9.41. The number of carboxylic acids is 1. The van der Waals surface area contributed by atoms with Gasteiger partial charge in [0.25, 0.3) is 0 Å². The van der Waals surface area contributed by atoms with E-state index in [1.54, 1.807) is 4.57 Å². The lowest BCUT2D eigenvalue weighted by atomic mass is 9.96. The second-order valence-electron chi connectivity index (χ2n) is 5.02. The van der Waals surface area contributed by atoms with Gasteiger partial charge in [0.2, 0.25) is 5.43 Å². The van der Waals surface area contributed by atoms with E-state index in [2.05, 4.69) is 15.9 Å². The van der Waals surface area contributed by atoms with Crippen LogP contribution in [0.25, 0.3) is 10.9 Å². The smallest absolute Gasteiger partial charge is 0.341 e. The third-order valence-electron chi connectivity index (χ3n) is 3.82. The van der Waals surface area contributed by atoms with Crippen LogP contribution < -0.4 is 5.43 Å². The van der Waals surface area contributed by atoms with Gasteiger partial charge in [-0.25, -0.2) is 9.18 Å². The summed E-state index contributed by atoms with van der Waals surface area (Å²) in [5.41, 5.74) is 0.406. The van der Waals surface area contributed by atoms with Crippen LogP contribution in [-0.4, -0.2) is 15.6 Å². The molecule has 0 radical (unpaired) electrons. The molecular weight excluding hydrogens is 329 g/mol. The molecule has 0 bridgehead atoms. The Balaban J connectivity index is 2.57. The molecule has 1 N–H and O–H groups in total. The van der Waals surface area contributed by atoms with E-state index in [1.165, 1.54) is 6.20 Å². The van der Waals surface area contributed by atoms with Crippen LogP contribution in [0.3, 0.4) is 0 Å². The number of benzene rings is 1. The Morgan fingerprint density at radius 1 is 1.55 bits per heavy atom. The maximum atomic E-state index is 13.9.